The lowest BCUT2D eigenvalue weighted by molar-refractivity contribution is 0.306. The topological polar surface area (TPSA) is 384 Å². The zero-order valence-electron chi connectivity index (χ0n) is 37.4. The van der Waals surface area contributed by atoms with E-state index in [1.807, 2.05) is 6.92 Å². The summed E-state index contributed by atoms with van der Waals surface area (Å²) >= 11 is 25.3. The Hall–Kier alpha value is -5.38. The first-order valence-electron chi connectivity index (χ1n) is 20.3. The number of rotatable bonds is 23. The summed E-state index contributed by atoms with van der Waals surface area (Å²) in [4.78, 5) is 13.1. The molecule has 25 nitrogen and oxygen atoms in total. The van der Waals surface area contributed by atoms with E-state index < -0.39 is 68.0 Å². The first kappa shape index (κ1) is 61.9. The van der Waals surface area contributed by atoms with Crippen molar-refractivity contribution in [2.24, 2.45) is 20.5 Å². The Bertz CT molecular complexity index is 3340. The zero-order chi connectivity index (χ0) is 54.5. The van der Waals surface area contributed by atoms with Gasteiger partial charge in [0.15, 0.2) is 0 Å². The third-order valence-electron chi connectivity index (χ3n) is 8.70. The zero-order valence-corrected chi connectivity index (χ0v) is 44.5. The van der Waals surface area contributed by atoms with E-state index in [4.69, 9.17) is 86.1 Å². The van der Waals surface area contributed by atoms with Crippen molar-refractivity contribution in [3.05, 3.63) is 110 Å². The van der Waals surface area contributed by atoms with Crippen LogP contribution in [0.2, 0.25) is 20.1 Å². The fraction of sp³-hybridized carbons (Fsp3) is 0.308. The van der Waals surface area contributed by atoms with Gasteiger partial charge in [0, 0.05) is 47.7 Å². The molecular formula is C39H40Cl4N8O17S5. The third kappa shape index (κ3) is 24.5. The Labute approximate surface area is 440 Å². The van der Waals surface area contributed by atoms with E-state index in [0.29, 0.717) is 39.9 Å². The third-order valence-corrected chi connectivity index (χ3v) is 12.4. The van der Waals surface area contributed by atoms with Crippen LogP contribution >= 0.6 is 46.4 Å². The first-order valence-corrected chi connectivity index (χ1v) is 28.5. The summed E-state index contributed by atoms with van der Waals surface area (Å²) in [6, 6.07) is 16.5. The Morgan fingerprint density at radius 1 is 0.575 bits per heavy atom. The lowest BCUT2D eigenvalue weighted by Crippen LogP contribution is -2.18. The Morgan fingerprint density at radius 2 is 1.04 bits per heavy atom. The molecule has 0 spiro atoms. The fourth-order valence-corrected chi connectivity index (χ4v) is 8.08. The molecule has 1 aromatic heterocycles. The van der Waals surface area contributed by atoms with Crippen molar-refractivity contribution in [1.82, 2.24) is 15.0 Å². The minimum absolute atomic E-state index is 0.00114. The van der Waals surface area contributed by atoms with E-state index in [9.17, 15) is 38.9 Å². The molecule has 0 fully saturated rings. The van der Waals surface area contributed by atoms with Crippen molar-refractivity contribution in [2.75, 3.05) is 36.6 Å². The van der Waals surface area contributed by atoms with Gasteiger partial charge in [-0.2, -0.15) is 45.4 Å². The summed E-state index contributed by atoms with van der Waals surface area (Å²) in [5.41, 5.74) is 1.87. The summed E-state index contributed by atoms with van der Waals surface area (Å²) in [5.74, 6) is -0.277. The van der Waals surface area contributed by atoms with Crippen molar-refractivity contribution in [3.63, 3.8) is 0 Å². The average molecular weight is 1190 g/mol. The number of unbranched alkanes of at least 4 members (excludes halogenated alkanes) is 2. The Morgan fingerprint density at radius 3 is 1.51 bits per heavy atom. The van der Waals surface area contributed by atoms with Crippen LogP contribution in [0.1, 0.15) is 55.4 Å². The molecular weight excluding hydrogens is 1150 g/mol. The number of hydrogen-bond donors (Lipinski definition) is 4. The predicted molar refractivity (Wildman–Crippen MR) is 265 cm³/mol. The molecule has 73 heavy (non-hydrogen) atoms. The minimum Gasteiger partial charge on any atom is -0.493 e. The molecule has 0 unspecified atom stereocenters. The number of hydrogen-bond acceptors (Lipinski definition) is 22. The Balaban J connectivity index is 0.00000163. The fourth-order valence-electron chi connectivity index (χ4n) is 5.58. The lowest BCUT2D eigenvalue weighted by Gasteiger charge is -2.15. The summed E-state index contributed by atoms with van der Waals surface area (Å²) in [5, 5.41) is 20.1. The molecule has 4 N–H and O–H groups in total. The first-order chi connectivity index (χ1) is 34.1. The lowest BCUT2D eigenvalue weighted by atomic mass is 10.1. The molecule has 0 aliphatic rings. The van der Waals surface area contributed by atoms with Gasteiger partial charge in [0.25, 0.3) is 30.4 Å². The van der Waals surface area contributed by atoms with Crippen molar-refractivity contribution in [1.29, 1.82) is 0 Å². The molecule has 0 saturated carbocycles. The maximum absolute atomic E-state index is 11.8. The number of benzene rings is 4. The van der Waals surface area contributed by atoms with Gasteiger partial charge in [-0.1, -0.05) is 59.7 Å². The average Bonchev–Trinajstić information content (AvgIpc) is 3.26. The molecule has 5 rings (SSSR count). The highest BCUT2D eigenvalue weighted by Gasteiger charge is 2.19. The molecule has 396 valence electrons. The van der Waals surface area contributed by atoms with Gasteiger partial charge in [-0.3, -0.25) is 13.7 Å². The van der Waals surface area contributed by atoms with Gasteiger partial charge >= 0.3 is 21.2 Å². The van der Waals surface area contributed by atoms with E-state index in [2.05, 4.69) is 35.7 Å². The van der Waals surface area contributed by atoms with Crippen LogP contribution in [0.15, 0.2) is 92.1 Å². The summed E-state index contributed by atoms with van der Waals surface area (Å²) in [7, 11) is -19.5. The van der Waals surface area contributed by atoms with Crippen molar-refractivity contribution in [3.8, 4) is 11.5 Å². The monoisotopic (exact) mass is 1190 g/mol. The van der Waals surface area contributed by atoms with Crippen LogP contribution in [0.3, 0.4) is 0 Å². The molecule has 0 aliphatic heterocycles. The van der Waals surface area contributed by atoms with E-state index >= 15 is 0 Å². The van der Waals surface area contributed by atoms with E-state index in [-0.39, 0.29) is 88.6 Å². The van der Waals surface area contributed by atoms with Crippen LogP contribution in [0, 0.1) is 0 Å². The number of azo groups is 2. The van der Waals surface area contributed by atoms with Crippen molar-refractivity contribution in [2.45, 2.75) is 50.3 Å². The number of halogens is 4. The highest BCUT2D eigenvalue weighted by Crippen LogP contribution is 2.38. The van der Waals surface area contributed by atoms with Gasteiger partial charge in [0.05, 0.1) is 51.2 Å². The molecule has 0 amide bonds. The minimum atomic E-state index is -4.69. The molecule has 34 heteroatoms. The van der Waals surface area contributed by atoms with Gasteiger partial charge < -0.3 is 14.8 Å². The highest BCUT2D eigenvalue weighted by atomic mass is 35.5. The van der Waals surface area contributed by atoms with Crippen molar-refractivity contribution >= 4 is 127 Å². The predicted octanol–water partition coefficient (Wildman–Crippen LogP) is 8.26. The van der Waals surface area contributed by atoms with Gasteiger partial charge in [-0.15, -0.1) is 35.5 Å². The second-order valence-electron chi connectivity index (χ2n) is 14.3. The van der Waals surface area contributed by atoms with Crippen LogP contribution in [-0.2, 0) is 64.4 Å². The summed E-state index contributed by atoms with van der Waals surface area (Å²) in [6.45, 7) is 2.08. The Kier molecular flexibility index (Phi) is 25.0. The normalized spacial score (nSPS) is 11.6. The van der Waals surface area contributed by atoms with Crippen molar-refractivity contribution < 1.29 is 73.6 Å². The molecule has 5 aromatic rings. The standard InChI is InChI=1S/C39H40Cl4N8O11S3.2O3S/c1-2-3-13-61-34-22-32(50-48-27-8-6-26(40)7-9-27)30(42)17-24(34)19-37-45-38(47-39(46-37)44-12-16-64(55,56)57)20-25-18-31(43)33(23-35(25)62-14-4-5-15-63(52,53)54)51-49-28-10-11-29(41)36(21-28)65(58,59)60;2*1-4(2)3/h6-11,17-18,21-23H,2-5,12-16,19-20H2,1H3,(H,52,53,54)(H,55,56,57)(H,58,59,60)(H,44,45,46,47);;. The van der Waals surface area contributed by atoms with Gasteiger partial charge in [0.1, 0.15) is 39.4 Å². The van der Waals surface area contributed by atoms with Gasteiger partial charge in [-0.05, 0) is 73.9 Å². The maximum atomic E-state index is 11.8. The van der Waals surface area contributed by atoms with Crippen LogP contribution in [-0.4, -0.2) is 110 Å². The van der Waals surface area contributed by atoms with Crippen LogP contribution in [0.5, 0.6) is 11.5 Å². The number of ether oxygens (including phenoxy) is 2. The second kappa shape index (κ2) is 29.5. The van der Waals surface area contributed by atoms with E-state index in [1.54, 1.807) is 36.4 Å². The smallest absolute Gasteiger partial charge is 0.425 e. The number of nitrogens with one attached hydrogen (secondary N) is 1. The van der Waals surface area contributed by atoms with E-state index in [0.717, 1.165) is 18.9 Å². The maximum Gasteiger partial charge on any atom is 0.425 e. The molecule has 0 saturated heterocycles. The molecule has 0 radical (unpaired) electrons. The van der Waals surface area contributed by atoms with Gasteiger partial charge in [0.2, 0.25) is 5.95 Å². The van der Waals surface area contributed by atoms with Crippen LogP contribution in [0.4, 0.5) is 28.7 Å². The molecule has 1 heterocycles. The highest BCUT2D eigenvalue weighted by molar-refractivity contribution is 7.86. The number of anilines is 1. The molecule has 0 bridgehead atoms. The van der Waals surface area contributed by atoms with Crippen LogP contribution in [0.25, 0.3) is 0 Å². The second-order valence-corrected chi connectivity index (χ2v) is 21.3. The summed E-state index contributed by atoms with van der Waals surface area (Å²) < 4.78 is 160. The summed E-state index contributed by atoms with van der Waals surface area (Å²) in [6.07, 6.45) is 1.80. The SMILES string of the molecule is CCCCOc1cc(N=Nc2ccc(Cl)cc2)c(Cl)cc1Cc1nc(Cc2cc(Cl)c(N=Nc3ccc(Cl)c(S(=O)(=O)O)c3)cc2OCCCCS(=O)(=O)O)nc(NCCS(=O)(=O)O)n1.O=S(=O)=O.O=S(=O)=O. The van der Waals surface area contributed by atoms with Crippen LogP contribution < -0.4 is 14.8 Å². The van der Waals surface area contributed by atoms with E-state index in [1.165, 1.54) is 24.3 Å². The molecule has 0 aliphatic carbocycles. The number of nitrogens with zero attached hydrogens (tertiary/aromatic N) is 7. The molecule has 4 aromatic carbocycles. The quantitative estimate of drug-likeness (QED) is 0.0271. The number of aromatic nitrogens is 3. The molecule has 0 atom stereocenters. The van der Waals surface area contributed by atoms with Gasteiger partial charge in [-0.25, -0.2) is 4.98 Å². The largest absolute Gasteiger partial charge is 0.493 e.